The van der Waals surface area contributed by atoms with Gasteiger partial charge in [-0.3, -0.25) is 0 Å². The predicted molar refractivity (Wildman–Crippen MR) is 109 cm³/mol. The monoisotopic (exact) mass is 365 g/mol. The Labute approximate surface area is 161 Å². The van der Waals surface area contributed by atoms with Gasteiger partial charge in [-0.1, -0.05) is 43.7 Å². The Morgan fingerprint density at radius 3 is 2.41 bits per heavy atom. The number of hydrogen-bond donors (Lipinski definition) is 2. The molecular weight excluding hydrogens is 338 g/mol. The minimum atomic E-state index is -0.269. The van der Waals surface area contributed by atoms with Crippen LogP contribution in [0.5, 0.6) is 5.75 Å². The number of phenolic OH excluding ortho intramolecular Hbond substituents is 1. The minimum absolute atomic E-state index is 0.243. The van der Waals surface area contributed by atoms with Gasteiger partial charge in [0, 0.05) is 11.1 Å². The molecule has 2 N–H and O–H groups in total. The first-order chi connectivity index (χ1) is 13.1. The zero-order valence-corrected chi connectivity index (χ0v) is 16.2. The van der Waals surface area contributed by atoms with Crippen molar-refractivity contribution < 1.29 is 14.6 Å². The molecule has 1 atom stereocenters. The van der Waals surface area contributed by atoms with E-state index in [1.807, 2.05) is 32.1 Å². The fraction of sp³-hybridized carbons (Fsp3) is 0.304. The van der Waals surface area contributed by atoms with Gasteiger partial charge in [0.1, 0.15) is 12.4 Å². The highest BCUT2D eigenvalue weighted by Crippen LogP contribution is 2.33. The molecule has 0 aromatic heterocycles. The highest BCUT2D eigenvalue weighted by atomic mass is 16.6. The predicted octanol–water partition coefficient (Wildman–Crippen LogP) is 5.06. The Kier molecular flexibility index (Phi) is 6.07. The number of rotatable bonds is 7. The fourth-order valence-electron chi connectivity index (χ4n) is 2.99. The van der Waals surface area contributed by atoms with E-state index in [0.29, 0.717) is 6.61 Å². The van der Waals surface area contributed by atoms with Gasteiger partial charge in [0.05, 0.1) is 11.5 Å². The van der Waals surface area contributed by atoms with Crippen LogP contribution in [0.25, 0.3) is 11.5 Å². The smallest absolute Gasteiger partial charge is 0.204 e. The average Bonchev–Trinajstić information content (AvgIpc) is 3.12. The quantitative estimate of drug-likeness (QED) is 0.674. The van der Waals surface area contributed by atoms with Gasteiger partial charge >= 0.3 is 0 Å². The molecule has 0 spiro atoms. The van der Waals surface area contributed by atoms with Gasteiger partial charge in [-0.05, 0) is 50.1 Å². The Morgan fingerprint density at radius 2 is 1.78 bits per heavy atom. The Hall–Kier alpha value is -2.88. The minimum Gasteiger partial charge on any atom is -0.508 e. The molecule has 2 aromatic rings. The maximum absolute atomic E-state index is 9.59. The second-order valence-corrected chi connectivity index (χ2v) is 6.66. The van der Waals surface area contributed by atoms with E-state index in [4.69, 9.17) is 9.47 Å². The zero-order valence-electron chi connectivity index (χ0n) is 16.2. The summed E-state index contributed by atoms with van der Waals surface area (Å²) in [5, 5.41) is 13.0. The summed E-state index contributed by atoms with van der Waals surface area (Å²) < 4.78 is 11.9. The van der Waals surface area contributed by atoms with Crippen LogP contribution in [0.4, 0.5) is 0 Å². The van der Waals surface area contributed by atoms with Crippen LogP contribution >= 0.6 is 0 Å². The standard InChI is InChI=1S/C23H27NO3/c1-4-6-17-7-9-19(10-8-17)23-22(18-11-13-20(25)14-12-18)24-21(27-23)15-26-16(3)5-2/h5,7-14,21,24-25H,4,6,15H2,1-3H3/b16-5+. The topological polar surface area (TPSA) is 50.7 Å². The van der Waals surface area contributed by atoms with Crippen LogP contribution in [0.1, 0.15) is 43.9 Å². The maximum atomic E-state index is 9.59. The second kappa shape index (κ2) is 8.67. The van der Waals surface area contributed by atoms with Crippen LogP contribution in [0.2, 0.25) is 0 Å². The maximum Gasteiger partial charge on any atom is 0.204 e. The molecule has 1 aliphatic heterocycles. The van der Waals surface area contributed by atoms with Gasteiger partial charge in [-0.15, -0.1) is 0 Å². The van der Waals surface area contributed by atoms with E-state index < -0.39 is 0 Å². The molecule has 1 heterocycles. The summed E-state index contributed by atoms with van der Waals surface area (Å²) in [5.41, 5.74) is 4.22. The van der Waals surface area contributed by atoms with E-state index in [1.165, 1.54) is 5.56 Å². The van der Waals surface area contributed by atoms with Crippen molar-refractivity contribution in [2.24, 2.45) is 0 Å². The number of aromatic hydroxyl groups is 1. The van der Waals surface area contributed by atoms with E-state index in [1.54, 1.807) is 12.1 Å². The summed E-state index contributed by atoms with van der Waals surface area (Å²) >= 11 is 0. The Bertz CT molecular complexity index is 820. The van der Waals surface area contributed by atoms with E-state index >= 15 is 0 Å². The van der Waals surface area contributed by atoms with Crippen molar-refractivity contribution in [2.45, 2.75) is 39.8 Å². The molecule has 4 nitrogen and oxygen atoms in total. The lowest BCUT2D eigenvalue weighted by Crippen LogP contribution is -2.28. The van der Waals surface area contributed by atoms with Crippen molar-refractivity contribution in [2.75, 3.05) is 6.61 Å². The fourth-order valence-corrected chi connectivity index (χ4v) is 2.99. The van der Waals surface area contributed by atoms with Gasteiger partial charge in [0.25, 0.3) is 0 Å². The highest BCUT2D eigenvalue weighted by molar-refractivity contribution is 5.88. The number of aryl methyl sites for hydroxylation is 1. The molecule has 0 radical (unpaired) electrons. The van der Waals surface area contributed by atoms with Gasteiger partial charge < -0.3 is 19.9 Å². The molecule has 3 rings (SSSR count). The van der Waals surface area contributed by atoms with Crippen molar-refractivity contribution in [3.63, 3.8) is 0 Å². The van der Waals surface area contributed by atoms with E-state index in [-0.39, 0.29) is 12.0 Å². The molecule has 2 aromatic carbocycles. The number of phenols is 1. The summed E-state index contributed by atoms with van der Waals surface area (Å²) in [6.07, 6.45) is 3.86. The third kappa shape index (κ3) is 4.64. The molecule has 0 aliphatic carbocycles. The lowest BCUT2D eigenvalue weighted by atomic mass is 10.0. The third-order valence-corrected chi connectivity index (χ3v) is 4.57. The first kappa shape index (κ1) is 18.9. The highest BCUT2D eigenvalue weighted by Gasteiger charge is 2.27. The van der Waals surface area contributed by atoms with E-state index in [9.17, 15) is 5.11 Å². The SMILES string of the molecule is C/C=C(\C)OCC1NC(c2ccc(O)cc2)=C(c2ccc(CCC)cc2)O1. The number of benzene rings is 2. The van der Waals surface area contributed by atoms with Crippen LogP contribution in [0, 0.1) is 0 Å². The molecule has 4 heteroatoms. The molecule has 1 aliphatic rings. The van der Waals surface area contributed by atoms with Gasteiger partial charge in [0.2, 0.25) is 6.23 Å². The molecule has 27 heavy (non-hydrogen) atoms. The molecule has 0 saturated carbocycles. The van der Waals surface area contributed by atoms with Crippen LogP contribution in [0.3, 0.4) is 0 Å². The summed E-state index contributed by atoms with van der Waals surface area (Å²) in [6.45, 7) is 6.47. The van der Waals surface area contributed by atoms with Crippen molar-refractivity contribution in [3.05, 3.63) is 77.1 Å². The van der Waals surface area contributed by atoms with E-state index in [0.717, 1.165) is 41.2 Å². The third-order valence-electron chi connectivity index (χ3n) is 4.57. The number of hydrogen-bond acceptors (Lipinski definition) is 4. The second-order valence-electron chi connectivity index (χ2n) is 6.66. The van der Waals surface area contributed by atoms with E-state index in [2.05, 4.69) is 36.5 Å². The molecule has 0 fully saturated rings. The van der Waals surface area contributed by atoms with Crippen LogP contribution in [0.15, 0.2) is 60.4 Å². The molecular formula is C23H27NO3. The van der Waals surface area contributed by atoms with Crippen molar-refractivity contribution in [3.8, 4) is 5.75 Å². The normalized spacial score (nSPS) is 16.9. The van der Waals surface area contributed by atoms with Crippen LogP contribution in [-0.2, 0) is 15.9 Å². The zero-order chi connectivity index (χ0) is 19.2. The first-order valence-corrected chi connectivity index (χ1v) is 9.42. The first-order valence-electron chi connectivity index (χ1n) is 9.42. The van der Waals surface area contributed by atoms with Gasteiger partial charge in [-0.25, -0.2) is 0 Å². The summed E-state index contributed by atoms with van der Waals surface area (Å²) in [4.78, 5) is 0. The Balaban J connectivity index is 1.88. The average molecular weight is 365 g/mol. The summed E-state index contributed by atoms with van der Waals surface area (Å²) in [7, 11) is 0. The van der Waals surface area contributed by atoms with Crippen molar-refractivity contribution >= 4 is 11.5 Å². The molecule has 142 valence electrons. The number of nitrogens with one attached hydrogen (secondary N) is 1. The van der Waals surface area contributed by atoms with Crippen molar-refractivity contribution in [1.82, 2.24) is 5.32 Å². The lowest BCUT2D eigenvalue weighted by molar-refractivity contribution is 0.0715. The molecule has 0 bridgehead atoms. The number of ether oxygens (including phenoxy) is 2. The summed E-state index contributed by atoms with van der Waals surface area (Å²) in [5.74, 6) is 1.91. The van der Waals surface area contributed by atoms with Crippen LogP contribution < -0.4 is 5.32 Å². The van der Waals surface area contributed by atoms with Crippen LogP contribution in [-0.4, -0.2) is 17.9 Å². The molecule has 0 saturated heterocycles. The van der Waals surface area contributed by atoms with Crippen molar-refractivity contribution in [1.29, 1.82) is 0 Å². The molecule has 1 unspecified atom stereocenters. The molecule has 0 amide bonds. The Morgan fingerprint density at radius 1 is 1.11 bits per heavy atom. The van der Waals surface area contributed by atoms with Gasteiger partial charge in [0.15, 0.2) is 5.76 Å². The number of allylic oxidation sites excluding steroid dienone is 2. The largest absolute Gasteiger partial charge is 0.508 e. The van der Waals surface area contributed by atoms with Gasteiger partial charge in [-0.2, -0.15) is 0 Å². The lowest BCUT2D eigenvalue weighted by Gasteiger charge is -2.15. The summed E-state index contributed by atoms with van der Waals surface area (Å²) in [6, 6.07) is 15.6.